The number of fused-ring (bicyclic) bond motifs is 2. The minimum absolute atomic E-state index is 1.18. The van der Waals surface area contributed by atoms with Crippen molar-refractivity contribution in [2.45, 2.75) is 77.6 Å². The number of hydrogen-bond donors (Lipinski definition) is 0. The van der Waals surface area contributed by atoms with E-state index in [4.69, 9.17) is 0 Å². The Morgan fingerprint density at radius 3 is 1.94 bits per heavy atom. The van der Waals surface area contributed by atoms with Gasteiger partial charge in [0.1, 0.15) is 0 Å². The molecular weight excluding hydrogens is 464 g/mol. The van der Waals surface area contributed by atoms with E-state index < -0.39 is 0 Å². The van der Waals surface area contributed by atoms with Crippen LogP contribution >= 0.6 is 15.9 Å². The van der Waals surface area contributed by atoms with E-state index in [1.807, 2.05) is 0 Å². The molecule has 0 amide bonds. The number of halogens is 1. The van der Waals surface area contributed by atoms with Crippen molar-refractivity contribution < 1.29 is 0 Å². The Hall–Kier alpha value is -2.12. The van der Waals surface area contributed by atoms with Gasteiger partial charge in [0, 0.05) is 4.47 Å². The maximum absolute atomic E-state index is 3.80. The third kappa shape index (κ3) is 4.50. The van der Waals surface area contributed by atoms with Gasteiger partial charge in [-0.2, -0.15) is 0 Å². The van der Waals surface area contributed by atoms with Crippen molar-refractivity contribution >= 4 is 59.0 Å². The van der Waals surface area contributed by atoms with E-state index in [0.29, 0.717) is 0 Å². The minimum Gasteiger partial charge on any atom is -0.0654 e. The number of unbranched alkanes of at least 4 members (excludes halogenated alkanes) is 9. The Labute approximate surface area is 206 Å². The van der Waals surface area contributed by atoms with E-state index in [0.717, 1.165) is 0 Å². The molecular formula is C32H35Br. The number of hydrogen-bond acceptors (Lipinski definition) is 0. The van der Waals surface area contributed by atoms with Crippen LogP contribution in [0.4, 0.5) is 0 Å². The van der Waals surface area contributed by atoms with Gasteiger partial charge < -0.3 is 0 Å². The van der Waals surface area contributed by atoms with Gasteiger partial charge in [-0.1, -0.05) is 135 Å². The van der Waals surface area contributed by atoms with E-state index >= 15 is 0 Å². The Bertz CT molecular complexity index is 1360. The molecule has 0 spiro atoms. The number of rotatable bonds is 11. The molecule has 0 bridgehead atoms. The van der Waals surface area contributed by atoms with Crippen molar-refractivity contribution in [3.63, 3.8) is 0 Å². The quantitative estimate of drug-likeness (QED) is 0.0963. The maximum Gasteiger partial charge on any atom is 0.0254 e. The van der Waals surface area contributed by atoms with Gasteiger partial charge in [0.05, 0.1) is 0 Å². The Kier molecular flexibility index (Phi) is 7.16. The summed E-state index contributed by atoms with van der Waals surface area (Å²) < 4.78 is 1.19. The molecule has 170 valence electrons. The topological polar surface area (TPSA) is 0 Å². The van der Waals surface area contributed by atoms with Gasteiger partial charge in [-0.05, 0) is 67.6 Å². The molecule has 0 heterocycles. The molecule has 0 unspecified atom stereocenters. The third-order valence-corrected chi connectivity index (χ3v) is 8.17. The van der Waals surface area contributed by atoms with Crippen molar-refractivity contribution in [2.24, 2.45) is 0 Å². The van der Waals surface area contributed by atoms with Crippen molar-refractivity contribution in [3.05, 3.63) is 70.7 Å². The molecule has 0 nitrogen and oxygen atoms in total. The zero-order chi connectivity index (χ0) is 22.6. The van der Waals surface area contributed by atoms with Gasteiger partial charge in [0.25, 0.3) is 0 Å². The van der Waals surface area contributed by atoms with Gasteiger partial charge in [0.2, 0.25) is 0 Å². The smallest absolute Gasteiger partial charge is 0.0254 e. The van der Waals surface area contributed by atoms with E-state index in [1.54, 1.807) is 0 Å². The molecule has 0 radical (unpaired) electrons. The van der Waals surface area contributed by atoms with Crippen LogP contribution in [0.2, 0.25) is 0 Å². The zero-order valence-corrected chi connectivity index (χ0v) is 21.5. The molecule has 0 atom stereocenters. The van der Waals surface area contributed by atoms with Crippen molar-refractivity contribution in [1.29, 1.82) is 0 Å². The monoisotopic (exact) mass is 498 g/mol. The molecule has 0 aliphatic carbocycles. The van der Waals surface area contributed by atoms with Gasteiger partial charge in [-0.15, -0.1) is 0 Å². The van der Waals surface area contributed by atoms with Gasteiger partial charge in [0.15, 0.2) is 0 Å². The van der Waals surface area contributed by atoms with Crippen LogP contribution < -0.4 is 0 Å². The summed E-state index contributed by atoms with van der Waals surface area (Å²) in [5.74, 6) is 0. The molecule has 0 aliphatic heterocycles. The van der Waals surface area contributed by atoms with Gasteiger partial charge in [-0.3, -0.25) is 0 Å². The molecule has 0 saturated carbocycles. The van der Waals surface area contributed by atoms with Crippen LogP contribution in [-0.4, -0.2) is 0 Å². The van der Waals surface area contributed by atoms with Crippen LogP contribution in [0.25, 0.3) is 43.1 Å². The molecule has 1 heteroatoms. The molecule has 0 fully saturated rings. The molecule has 5 aromatic carbocycles. The minimum atomic E-state index is 1.18. The van der Waals surface area contributed by atoms with Crippen molar-refractivity contribution in [2.75, 3.05) is 0 Å². The second-order valence-electron chi connectivity index (χ2n) is 9.76. The first-order chi connectivity index (χ1) is 16.3. The summed E-state index contributed by atoms with van der Waals surface area (Å²) in [6.07, 6.45) is 15.1. The summed E-state index contributed by atoms with van der Waals surface area (Å²) in [5, 5.41) is 11.2. The molecule has 33 heavy (non-hydrogen) atoms. The average Bonchev–Trinajstić information content (AvgIpc) is 2.85. The van der Waals surface area contributed by atoms with Gasteiger partial charge in [-0.25, -0.2) is 0 Å². The van der Waals surface area contributed by atoms with Crippen LogP contribution in [0.15, 0.2) is 65.1 Å². The van der Waals surface area contributed by atoms with E-state index in [9.17, 15) is 0 Å². The molecule has 0 saturated heterocycles. The highest BCUT2D eigenvalue weighted by molar-refractivity contribution is 9.10. The fourth-order valence-corrected chi connectivity index (χ4v) is 6.23. The van der Waals surface area contributed by atoms with E-state index in [-0.39, 0.29) is 0 Å². The lowest BCUT2D eigenvalue weighted by molar-refractivity contribution is 0.556. The predicted molar refractivity (Wildman–Crippen MR) is 151 cm³/mol. The fraction of sp³-hybridized carbons (Fsp3) is 0.375. The maximum atomic E-state index is 3.80. The third-order valence-electron chi connectivity index (χ3n) is 7.48. The predicted octanol–water partition coefficient (Wildman–Crippen LogP) is 11.0. The van der Waals surface area contributed by atoms with E-state index in [2.05, 4.69) is 83.5 Å². The average molecular weight is 500 g/mol. The Balaban J connectivity index is 1.40. The lowest BCUT2D eigenvalue weighted by atomic mass is 9.86. The molecule has 5 rings (SSSR count). The highest BCUT2D eigenvalue weighted by Crippen LogP contribution is 2.43. The summed E-state index contributed by atoms with van der Waals surface area (Å²) in [4.78, 5) is 0. The number of aryl methyl sites for hydroxylation is 1. The lowest BCUT2D eigenvalue weighted by Gasteiger charge is -2.17. The molecule has 0 aromatic heterocycles. The summed E-state index contributed by atoms with van der Waals surface area (Å²) in [7, 11) is 0. The van der Waals surface area contributed by atoms with Crippen LogP contribution in [-0.2, 0) is 6.42 Å². The first kappa shape index (κ1) is 22.7. The summed E-state index contributed by atoms with van der Waals surface area (Å²) in [6.45, 7) is 2.29. The Morgan fingerprint density at radius 1 is 0.515 bits per heavy atom. The largest absolute Gasteiger partial charge is 0.0654 e. The molecule has 0 aliphatic rings. The number of benzene rings is 5. The highest BCUT2D eigenvalue weighted by Gasteiger charge is 2.16. The Morgan fingerprint density at radius 2 is 1.15 bits per heavy atom. The first-order valence-corrected chi connectivity index (χ1v) is 13.9. The van der Waals surface area contributed by atoms with Crippen LogP contribution in [0.1, 0.15) is 76.7 Å². The second kappa shape index (κ2) is 10.4. The highest BCUT2D eigenvalue weighted by atomic mass is 79.9. The summed E-state index contributed by atoms with van der Waals surface area (Å²) >= 11 is 3.80. The van der Waals surface area contributed by atoms with Crippen molar-refractivity contribution in [1.82, 2.24) is 0 Å². The second-order valence-corrected chi connectivity index (χ2v) is 10.6. The van der Waals surface area contributed by atoms with Gasteiger partial charge >= 0.3 is 0 Å². The summed E-state index contributed by atoms with van der Waals surface area (Å²) in [6, 6.07) is 22.9. The van der Waals surface area contributed by atoms with Crippen LogP contribution in [0, 0.1) is 0 Å². The molecule has 5 aromatic rings. The standard InChI is InChI=1S/C32H35Br/c1-2-3-4-5-6-7-8-9-10-11-14-23-19-20-24-15-12-16-25-26-21-22-29(33)27-17-13-18-28(32(26)27)31(23)30(24)25/h12-13,15-22H,2-11,14H2,1H3. The van der Waals surface area contributed by atoms with Crippen molar-refractivity contribution in [3.8, 4) is 0 Å². The lowest BCUT2D eigenvalue weighted by Crippen LogP contribution is -1.93. The fourth-order valence-electron chi connectivity index (χ4n) is 5.77. The summed E-state index contributed by atoms with van der Waals surface area (Å²) in [5.41, 5.74) is 1.52. The van der Waals surface area contributed by atoms with Crippen LogP contribution in [0.3, 0.4) is 0 Å². The zero-order valence-electron chi connectivity index (χ0n) is 19.9. The first-order valence-electron chi connectivity index (χ1n) is 13.1. The SMILES string of the molecule is CCCCCCCCCCCCc1ccc2cccc3c4ccc(Br)c5cccc(c1c23)c54. The normalized spacial score (nSPS) is 12.1. The molecule has 0 N–H and O–H groups in total. The van der Waals surface area contributed by atoms with Crippen LogP contribution in [0.5, 0.6) is 0 Å². The van der Waals surface area contributed by atoms with E-state index in [1.165, 1.54) is 124 Å².